The van der Waals surface area contributed by atoms with Gasteiger partial charge in [0.1, 0.15) is 4.83 Å². The lowest BCUT2D eigenvalue weighted by molar-refractivity contribution is -0.385. The Morgan fingerprint density at radius 3 is 2.50 bits per heavy atom. The maximum absolute atomic E-state index is 11.7. The number of alkyl halides is 1. The first-order valence-corrected chi connectivity index (χ1v) is 6.14. The number of benzene rings is 1. The molecule has 0 aromatic heterocycles. The van der Waals surface area contributed by atoms with Gasteiger partial charge in [0.15, 0.2) is 0 Å². The number of nitro groups is 1. The van der Waals surface area contributed by atoms with Crippen molar-refractivity contribution in [3.63, 3.8) is 0 Å². The van der Waals surface area contributed by atoms with Gasteiger partial charge in [0.05, 0.1) is 21.4 Å². The van der Waals surface area contributed by atoms with Crippen LogP contribution >= 0.6 is 27.5 Å². The van der Waals surface area contributed by atoms with Crippen LogP contribution < -0.4 is 5.32 Å². The maximum atomic E-state index is 11.7. The number of carbonyl (C=O) groups excluding carboxylic acids is 2. The molecule has 1 saturated heterocycles. The largest absolute Gasteiger partial charge is 0.295 e. The maximum Gasteiger partial charge on any atom is 0.274 e. The normalized spacial score (nSPS) is 23.0. The monoisotopic (exact) mass is 332 g/mol. The third kappa shape index (κ3) is 1.99. The van der Waals surface area contributed by atoms with Crippen molar-refractivity contribution in [3.8, 4) is 0 Å². The summed E-state index contributed by atoms with van der Waals surface area (Å²) in [5, 5.41) is 13.1. The van der Waals surface area contributed by atoms with Gasteiger partial charge in [-0.3, -0.25) is 25.0 Å². The van der Waals surface area contributed by atoms with E-state index in [0.717, 1.165) is 0 Å². The quantitative estimate of drug-likeness (QED) is 0.386. The molecule has 0 radical (unpaired) electrons. The fourth-order valence-corrected chi connectivity index (χ4v) is 2.73. The number of carbonyl (C=O) groups is 2. The summed E-state index contributed by atoms with van der Waals surface area (Å²) in [6.07, 6.45) is 0. The highest BCUT2D eigenvalue weighted by molar-refractivity contribution is 9.10. The van der Waals surface area contributed by atoms with Crippen molar-refractivity contribution in [2.75, 3.05) is 0 Å². The van der Waals surface area contributed by atoms with Crippen LogP contribution in [-0.2, 0) is 9.59 Å². The van der Waals surface area contributed by atoms with Gasteiger partial charge in [-0.15, -0.1) is 0 Å². The minimum atomic E-state index is -0.994. The molecule has 1 heterocycles. The summed E-state index contributed by atoms with van der Waals surface area (Å²) in [4.78, 5) is 32.5. The van der Waals surface area contributed by atoms with Crippen LogP contribution in [0, 0.1) is 10.1 Å². The van der Waals surface area contributed by atoms with Crippen molar-refractivity contribution < 1.29 is 14.5 Å². The van der Waals surface area contributed by atoms with Crippen LogP contribution in [0.3, 0.4) is 0 Å². The average molecular weight is 334 g/mol. The predicted octanol–water partition coefficient (Wildman–Crippen LogP) is 1.75. The lowest BCUT2D eigenvalue weighted by Gasteiger charge is -2.12. The third-order valence-electron chi connectivity index (χ3n) is 2.61. The third-order valence-corrected chi connectivity index (χ3v) is 3.88. The summed E-state index contributed by atoms with van der Waals surface area (Å²) in [6, 6.07) is 4.11. The van der Waals surface area contributed by atoms with Gasteiger partial charge in [-0.25, -0.2) is 0 Å². The number of imide groups is 1. The molecule has 18 heavy (non-hydrogen) atoms. The van der Waals surface area contributed by atoms with Crippen molar-refractivity contribution in [3.05, 3.63) is 38.9 Å². The molecule has 1 aliphatic heterocycles. The van der Waals surface area contributed by atoms with Crippen molar-refractivity contribution in [2.45, 2.75) is 10.7 Å². The Bertz CT molecular complexity index is 563. The number of nitro benzene ring substituents is 1. The molecule has 2 atom stereocenters. The van der Waals surface area contributed by atoms with Gasteiger partial charge in [-0.2, -0.15) is 0 Å². The van der Waals surface area contributed by atoms with Crippen molar-refractivity contribution in [1.29, 1.82) is 0 Å². The smallest absolute Gasteiger partial charge is 0.274 e. The number of nitrogens with one attached hydrogen (secondary N) is 1. The molecule has 0 bridgehead atoms. The van der Waals surface area contributed by atoms with E-state index in [1.807, 2.05) is 0 Å². The van der Waals surface area contributed by atoms with Crippen LogP contribution in [-0.4, -0.2) is 21.6 Å². The summed E-state index contributed by atoms with van der Waals surface area (Å²) >= 11 is 8.97. The highest BCUT2D eigenvalue weighted by Crippen LogP contribution is 2.39. The van der Waals surface area contributed by atoms with Gasteiger partial charge >= 0.3 is 0 Å². The molecular weight excluding hydrogens is 327 g/mol. The van der Waals surface area contributed by atoms with Gasteiger partial charge in [-0.1, -0.05) is 33.6 Å². The zero-order chi connectivity index (χ0) is 13.4. The van der Waals surface area contributed by atoms with Crippen LogP contribution in [0.2, 0.25) is 5.02 Å². The van der Waals surface area contributed by atoms with E-state index in [1.54, 1.807) is 0 Å². The van der Waals surface area contributed by atoms with E-state index >= 15 is 0 Å². The SMILES string of the molecule is O=C1NC(=O)C(c2c(Cl)cccc2[N+](=O)[O-])C1Br. The second kappa shape index (κ2) is 4.66. The van der Waals surface area contributed by atoms with Gasteiger partial charge in [0.25, 0.3) is 5.69 Å². The minimum absolute atomic E-state index is 0.0504. The van der Waals surface area contributed by atoms with Crippen LogP contribution in [0.15, 0.2) is 18.2 Å². The highest BCUT2D eigenvalue weighted by atomic mass is 79.9. The molecule has 2 rings (SSSR count). The van der Waals surface area contributed by atoms with Gasteiger partial charge in [0.2, 0.25) is 11.8 Å². The molecule has 0 saturated carbocycles. The molecule has 0 spiro atoms. The second-order valence-corrected chi connectivity index (χ2v) is 5.06. The topological polar surface area (TPSA) is 89.3 Å². The summed E-state index contributed by atoms with van der Waals surface area (Å²) in [5.74, 6) is -2.12. The lowest BCUT2D eigenvalue weighted by atomic mass is 9.95. The Morgan fingerprint density at radius 1 is 1.33 bits per heavy atom. The number of rotatable bonds is 2. The number of halogens is 2. The Hall–Kier alpha value is -1.47. The van der Waals surface area contributed by atoms with E-state index in [1.165, 1.54) is 18.2 Å². The van der Waals surface area contributed by atoms with Crippen molar-refractivity contribution >= 4 is 45.0 Å². The van der Waals surface area contributed by atoms with E-state index in [0.29, 0.717) is 0 Å². The first-order chi connectivity index (χ1) is 8.43. The van der Waals surface area contributed by atoms with Gasteiger partial charge < -0.3 is 0 Å². The molecule has 2 amide bonds. The van der Waals surface area contributed by atoms with Crippen LogP contribution in [0.25, 0.3) is 0 Å². The number of nitrogens with zero attached hydrogens (tertiary/aromatic N) is 1. The van der Waals surface area contributed by atoms with Crippen LogP contribution in [0.1, 0.15) is 11.5 Å². The Morgan fingerprint density at radius 2 is 2.00 bits per heavy atom. The number of amides is 2. The van der Waals surface area contributed by atoms with Crippen LogP contribution in [0.4, 0.5) is 5.69 Å². The molecule has 1 fully saturated rings. The first kappa shape index (κ1) is 13.0. The summed E-state index contributed by atoms with van der Waals surface area (Å²) < 4.78 is 0. The zero-order valence-electron chi connectivity index (χ0n) is 8.72. The average Bonchev–Trinajstić information content (AvgIpc) is 2.54. The summed E-state index contributed by atoms with van der Waals surface area (Å²) in [5.41, 5.74) is -0.226. The molecule has 1 aliphatic rings. The van der Waals surface area contributed by atoms with E-state index in [2.05, 4.69) is 21.2 Å². The van der Waals surface area contributed by atoms with Gasteiger partial charge in [0, 0.05) is 6.07 Å². The first-order valence-electron chi connectivity index (χ1n) is 4.85. The molecule has 1 aromatic carbocycles. The number of hydrogen-bond donors (Lipinski definition) is 1. The van der Waals surface area contributed by atoms with Crippen molar-refractivity contribution in [1.82, 2.24) is 5.32 Å². The summed E-state index contributed by atoms with van der Waals surface area (Å²) in [6.45, 7) is 0. The highest BCUT2D eigenvalue weighted by Gasteiger charge is 2.44. The van der Waals surface area contributed by atoms with Gasteiger partial charge in [-0.05, 0) is 6.07 Å². The zero-order valence-corrected chi connectivity index (χ0v) is 11.1. The molecule has 0 aliphatic carbocycles. The van der Waals surface area contributed by atoms with Crippen molar-refractivity contribution in [2.24, 2.45) is 0 Å². The molecule has 1 N–H and O–H groups in total. The fourth-order valence-electron chi connectivity index (χ4n) is 1.82. The standard InChI is InChI=1S/C10H6BrClN2O4/c11-8-7(9(15)13-10(8)16)6-4(12)2-1-3-5(6)14(17)18/h1-3,7-8H,(H,13,15,16). The lowest BCUT2D eigenvalue weighted by Crippen LogP contribution is -2.22. The van der Waals surface area contributed by atoms with Crippen LogP contribution in [0.5, 0.6) is 0 Å². The molecule has 2 unspecified atom stereocenters. The molecule has 1 aromatic rings. The predicted molar refractivity (Wildman–Crippen MR) is 66.7 cm³/mol. The molecule has 94 valence electrons. The fraction of sp³-hybridized carbons (Fsp3) is 0.200. The number of hydrogen-bond acceptors (Lipinski definition) is 4. The molecular formula is C10H6BrClN2O4. The Labute approximate surface area is 115 Å². The Kier molecular flexibility index (Phi) is 3.36. The summed E-state index contributed by atoms with van der Waals surface area (Å²) in [7, 11) is 0. The van der Waals surface area contributed by atoms with E-state index in [4.69, 9.17) is 11.6 Å². The molecule has 8 heteroatoms. The minimum Gasteiger partial charge on any atom is -0.295 e. The molecule has 6 nitrogen and oxygen atoms in total. The Balaban J connectivity index is 2.61. The second-order valence-electron chi connectivity index (χ2n) is 3.66. The van der Waals surface area contributed by atoms with E-state index < -0.39 is 27.5 Å². The van der Waals surface area contributed by atoms with E-state index in [-0.39, 0.29) is 16.3 Å². The van der Waals surface area contributed by atoms with E-state index in [9.17, 15) is 19.7 Å².